The van der Waals surface area contributed by atoms with Crippen LogP contribution in [0.5, 0.6) is 0 Å². The van der Waals surface area contributed by atoms with Gasteiger partial charge in [0.05, 0.1) is 4.90 Å². The summed E-state index contributed by atoms with van der Waals surface area (Å²) < 4.78 is 20.7. The zero-order chi connectivity index (χ0) is 13.2. The maximum absolute atomic E-state index is 11.4. The average Bonchev–Trinajstić information content (AvgIpc) is 2.46. The molecule has 0 radical (unpaired) electrons. The van der Waals surface area contributed by atoms with E-state index in [9.17, 15) is 8.76 Å². The summed E-state index contributed by atoms with van der Waals surface area (Å²) in [6.45, 7) is 0. The van der Waals surface area contributed by atoms with Gasteiger partial charge in [0.15, 0.2) is 11.1 Å². The molecule has 0 bridgehead atoms. The van der Waals surface area contributed by atoms with E-state index >= 15 is 0 Å². The molecule has 0 aliphatic carbocycles. The molecule has 1 N–H and O–H groups in total. The van der Waals surface area contributed by atoms with E-state index in [1.807, 2.05) is 60.7 Å². The molecule has 0 saturated heterocycles. The molecule has 3 rings (SSSR count). The molecule has 96 valence electrons. The molecule has 1 unspecified atom stereocenters. The Bertz CT molecular complexity index is 763. The minimum atomic E-state index is -1.97. The van der Waals surface area contributed by atoms with Crippen LogP contribution in [0.25, 0.3) is 21.9 Å². The SMILES string of the molecule is O=S(O)c1cccc2c(-c3ccccc3)cccc12.[H-].[Na+]. The minimum absolute atomic E-state index is 0. The molecule has 2 nitrogen and oxygen atoms in total. The predicted molar refractivity (Wildman–Crippen MR) is 79.5 cm³/mol. The van der Waals surface area contributed by atoms with Gasteiger partial charge in [-0.15, -0.1) is 0 Å². The number of hydrogen-bond acceptors (Lipinski definition) is 1. The molecular weight excluding hydrogens is 279 g/mol. The first-order chi connectivity index (χ1) is 9.27. The van der Waals surface area contributed by atoms with Crippen LogP contribution in [0.1, 0.15) is 1.43 Å². The van der Waals surface area contributed by atoms with E-state index in [1.165, 1.54) is 0 Å². The van der Waals surface area contributed by atoms with Gasteiger partial charge in [-0.1, -0.05) is 60.7 Å². The monoisotopic (exact) mass is 292 g/mol. The average molecular weight is 292 g/mol. The third-order valence-corrected chi connectivity index (χ3v) is 3.89. The van der Waals surface area contributed by atoms with Crippen LogP contribution in [0, 0.1) is 0 Å². The Morgan fingerprint density at radius 1 is 0.800 bits per heavy atom. The van der Waals surface area contributed by atoms with E-state index in [4.69, 9.17) is 0 Å². The van der Waals surface area contributed by atoms with Crippen molar-refractivity contribution in [2.75, 3.05) is 0 Å². The smallest absolute Gasteiger partial charge is 1.00 e. The van der Waals surface area contributed by atoms with Crippen molar-refractivity contribution in [1.82, 2.24) is 0 Å². The van der Waals surface area contributed by atoms with E-state index in [1.54, 1.807) is 6.07 Å². The van der Waals surface area contributed by atoms with Crippen molar-refractivity contribution in [3.63, 3.8) is 0 Å². The Balaban J connectivity index is 0.00000110. The molecule has 1 atom stereocenters. The van der Waals surface area contributed by atoms with Crippen molar-refractivity contribution in [2.24, 2.45) is 0 Å². The zero-order valence-electron chi connectivity index (χ0n) is 12.1. The molecule has 4 heteroatoms. The summed E-state index contributed by atoms with van der Waals surface area (Å²) in [5, 5.41) is 1.82. The minimum Gasteiger partial charge on any atom is -1.00 e. The Kier molecular flexibility index (Phi) is 5.13. The van der Waals surface area contributed by atoms with E-state index in [0.717, 1.165) is 21.9 Å². The van der Waals surface area contributed by atoms with Gasteiger partial charge in [0, 0.05) is 5.39 Å². The second-order valence-corrected chi connectivity index (χ2v) is 5.21. The van der Waals surface area contributed by atoms with Crippen LogP contribution in [-0.4, -0.2) is 8.76 Å². The third-order valence-electron chi connectivity index (χ3n) is 3.15. The topological polar surface area (TPSA) is 37.3 Å². The number of fused-ring (bicyclic) bond motifs is 1. The summed E-state index contributed by atoms with van der Waals surface area (Å²) in [6.07, 6.45) is 0. The van der Waals surface area contributed by atoms with Crippen LogP contribution in [0.2, 0.25) is 0 Å². The summed E-state index contributed by atoms with van der Waals surface area (Å²) in [7, 11) is 0. The first kappa shape index (κ1) is 15.4. The van der Waals surface area contributed by atoms with Crippen LogP contribution in [0.3, 0.4) is 0 Å². The molecule has 20 heavy (non-hydrogen) atoms. The number of hydrogen-bond donors (Lipinski definition) is 1. The Morgan fingerprint density at radius 3 is 2.15 bits per heavy atom. The molecule has 0 aliphatic heterocycles. The second-order valence-electron chi connectivity index (χ2n) is 4.27. The fourth-order valence-corrected chi connectivity index (χ4v) is 2.86. The molecule has 3 aromatic rings. The summed E-state index contributed by atoms with van der Waals surface area (Å²) >= 11 is -1.97. The van der Waals surface area contributed by atoms with Gasteiger partial charge in [-0.3, -0.25) is 0 Å². The van der Waals surface area contributed by atoms with Gasteiger partial charge in [0.1, 0.15) is 0 Å². The molecule has 0 saturated carbocycles. The molecule has 0 heterocycles. The van der Waals surface area contributed by atoms with Crippen LogP contribution >= 0.6 is 0 Å². The first-order valence-electron chi connectivity index (χ1n) is 5.95. The molecule has 0 spiro atoms. The largest absolute Gasteiger partial charge is 1.00 e. The number of benzene rings is 3. The van der Waals surface area contributed by atoms with Crippen molar-refractivity contribution in [1.29, 1.82) is 0 Å². The molecule has 0 amide bonds. The van der Waals surface area contributed by atoms with Crippen LogP contribution < -0.4 is 29.6 Å². The van der Waals surface area contributed by atoms with Gasteiger partial charge in [0.25, 0.3) is 0 Å². The van der Waals surface area contributed by atoms with Crippen LogP contribution in [0.4, 0.5) is 0 Å². The van der Waals surface area contributed by atoms with Crippen molar-refractivity contribution in [3.8, 4) is 11.1 Å². The van der Waals surface area contributed by atoms with E-state index in [-0.39, 0.29) is 31.0 Å². The van der Waals surface area contributed by atoms with Gasteiger partial charge < -0.3 is 5.98 Å². The van der Waals surface area contributed by atoms with Crippen LogP contribution in [-0.2, 0) is 11.1 Å². The molecular formula is C16H13NaO2S. The van der Waals surface area contributed by atoms with Crippen molar-refractivity contribution >= 4 is 21.9 Å². The standard InChI is InChI=1S/C16H12O2S.Na.H/c17-19(18)16-11-5-9-14-13(8-4-10-15(14)16)12-6-2-1-3-7-12;;/h1-11H,(H,17,18);;/q;+1;-1. The first-order valence-corrected chi connectivity index (χ1v) is 7.06. The van der Waals surface area contributed by atoms with E-state index in [2.05, 4.69) is 0 Å². The van der Waals surface area contributed by atoms with Crippen molar-refractivity contribution in [3.05, 3.63) is 66.7 Å². The van der Waals surface area contributed by atoms with Gasteiger partial charge >= 0.3 is 29.6 Å². The Hall–Kier alpha value is -0.970. The molecule has 0 aliphatic rings. The predicted octanol–water partition coefficient (Wildman–Crippen LogP) is 1.20. The normalized spacial score (nSPS) is 11.8. The van der Waals surface area contributed by atoms with E-state index in [0.29, 0.717) is 4.90 Å². The van der Waals surface area contributed by atoms with Crippen LogP contribution in [0.15, 0.2) is 71.6 Å². The van der Waals surface area contributed by atoms with Gasteiger partial charge in [-0.25, -0.2) is 4.21 Å². The van der Waals surface area contributed by atoms with Gasteiger partial charge in [-0.05, 0) is 22.6 Å². The molecule has 0 fully saturated rings. The maximum atomic E-state index is 11.4. The summed E-state index contributed by atoms with van der Waals surface area (Å²) in [5.74, 6) is 0. The summed E-state index contributed by atoms with van der Waals surface area (Å²) in [5.41, 5.74) is 2.18. The summed E-state index contributed by atoms with van der Waals surface area (Å²) in [6, 6.07) is 21.3. The maximum Gasteiger partial charge on any atom is 1.00 e. The Labute approximate surface area is 143 Å². The molecule has 0 aromatic heterocycles. The van der Waals surface area contributed by atoms with Crippen molar-refractivity contribution < 1.29 is 39.7 Å². The third kappa shape index (κ3) is 2.87. The second kappa shape index (κ2) is 6.66. The fourth-order valence-electron chi connectivity index (χ4n) is 2.30. The fraction of sp³-hybridized carbons (Fsp3) is 0. The summed E-state index contributed by atoms with van der Waals surface area (Å²) in [4.78, 5) is 0.454. The van der Waals surface area contributed by atoms with Gasteiger partial charge in [-0.2, -0.15) is 0 Å². The zero-order valence-corrected chi connectivity index (χ0v) is 13.9. The Morgan fingerprint density at radius 2 is 1.45 bits per heavy atom. The van der Waals surface area contributed by atoms with Crippen molar-refractivity contribution in [2.45, 2.75) is 4.90 Å². The molecule has 3 aromatic carbocycles. The number of rotatable bonds is 2. The van der Waals surface area contributed by atoms with Gasteiger partial charge in [0.2, 0.25) is 0 Å². The van der Waals surface area contributed by atoms with E-state index < -0.39 is 11.1 Å². The quantitative estimate of drug-likeness (QED) is 0.569.